The van der Waals surface area contributed by atoms with Gasteiger partial charge in [0.05, 0.1) is 27.2 Å². The molecule has 10 heteroatoms. The fourth-order valence-corrected chi connectivity index (χ4v) is 4.75. The van der Waals surface area contributed by atoms with Gasteiger partial charge < -0.3 is 5.32 Å². The van der Waals surface area contributed by atoms with Crippen molar-refractivity contribution in [2.24, 2.45) is 5.14 Å². The van der Waals surface area contributed by atoms with Gasteiger partial charge in [0.2, 0.25) is 15.9 Å². The van der Waals surface area contributed by atoms with Crippen LogP contribution in [0.25, 0.3) is 16.6 Å². The first-order chi connectivity index (χ1) is 16.3. The Morgan fingerprint density at radius 3 is 2.35 bits per heavy atom. The van der Waals surface area contributed by atoms with Crippen molar-refractivity contribution in [3.05, 3.63) is 94.8 Å². The third kappa shape index (κ3) is 5.53. The van der Waals surface area contributed by atoms with Gasteiger partial charge in [0.25, 0.3) is 5.56 Å². The Labute approximate surface area is 200 Å². The first-order valence-corrected chi connectivity index (χ1v) is 12.9. The van der Waals surface area contributed by atoms with Gasteiger partial charge in [0.15, 0.2) is 5.16 Å². The Morgan fingerprint density at radius 1 is 0.971 bits per heavy atom. The van der Waals surface area contributed by atoms with Crippen LogP contribution in [0.4, 0.5) is 0 Å². The summed E-state index contributed by atoms with van der Waals surface area (Å²) in [6.07, 6.45) is 0.532. The summed E-state index contributed by atoms with van der Waals surface area (Å²) in [7, 11) is -3.73. The molecule has 1 heterocycles. The van der Waals surface area contributed by atoms with Gasteiger partial charge in [-0.1, -0.05) is 54.2 Å². The van der Waals surface area contributed by atoms with Gasteiger partial charge in [-0.2, -0.15) is 0 Å². The summed E-state index contributed by atoms with van der Waals surface area (Å²) in [5.74, 6) is -0.115. The molecule has 4 aromatic rings. The van der Waals surface area contributed by atoms with Crippen molar-refractivity contribution < 1.29 is 13.2 Å². The molecule has 0 atom stereocenters. The molecular formula is C24H22N4O4S2. The number of carbonyl (C=O) groups excluding carboxylic acids is 1. The number of primary sulfonamides is 1. The third-order valence-corrected chi connectivity index (χ3v) is 6.95. The lowest BCUT2D eigenvalue weighted by atomic mass is 10.1. The molecule has 0 radical (unpaired) electrons. The summed E-state index contributed by atoms with van der Waals surface area (Å²) in [4.78, 5) is 30.3. The van der Waals surface area contributed by atoms with Crippen LogP contribution >= 0.6 is 11.8 Å². The number of amides is 1. The number of rotatable bonds is 8. The maximum Gasteiger partial charge on any atom is 0.266 e. The number of nitrogens with two attached hydrogens (primary N) is 1. The van der Waals surface area contributed by atoms with Gasteiger partial charge in [0, 0.05) is 6.54 Å². The Bertz CT molecular complexity index is 1490. The van der Waals surface area contributed by atoms with Crippen LogP contribution in [-0.4, -0.2) is 36.2 Å². The normalized spacial score (nSPS) is 11.4. The van der Waals surface area contributed by atoms with E-state index in [9.17, 15) is 18.0 Å². The zero-order chi connectivity index (χ0) is 24.1. The molecule has 8 nitrogen and oxygen atoms in total. The number of hydrogen-bond acceptors (Lipinski definition) is 6. The summed E-state index contributed by atoms with van der Waals surface area (Å²) in [6.45, 7) is 0.380. The van der Waals surface area contributed by atoms with Crippen molar-refractivity contribution in [1.82, 2.24) is 14.9 Å². The van der Waals surface area contributed by atoms with E-state index in [0.717, 1.165) is 5.56 Å². The van der Waals surface area contributed by atoms with Crippen molar-refractivity contribution in [2.75, 3.05) is 12.3 Å². The number of nitrogens with zero attached hydrogens (tertiary/aromatic N) is 2. The van der Waals surface area contributed by atoms with Crippen LogP contribution in [0, 0.1) is 0 Å². The second-order valence-corrected chi connectivity index (χ2v) is 9.97. The molecule has 4 rings (SSSR count). The third-order valence-electron chi connectivity index (χ3n) is 5.08. The molecule has 0 aliphatic heterocycles. The Morgan fingerprint density at radius 2 is 1.65 bits per heavy atom. The quantitative estimate of drug-likeness (QED) is 0.286. The molecule has 174 valence electrons. The summed E-state index contributed by atoms with van der Waals surface area (Å²) < 4.78 is 24.2. The molecule has 3 aromatic carbocycles. The van der Waals surface area contributed by atoms with Gasteiger partial charge in [-0.25, -0.2) is 18.5 Å². The lowest BCUT2D eigenvalue weighted by molar-refractivity contribution is -0.118. The van der Waals surface area contributed by atoms with Crippen LogP contribution in [0.3, 0.4) is 0 Å². The van der Waals surface area contributed by atoms with E-state index < -0.39 is 10.0 Å². The lowest BCUT2D eigenvalue weighted by Gasteiger charge is -2.13. The molecule has 1 amide bonds. The fourth-order valence-electron chi connectivity index (χ4n) is 3.39. The summed E-state index contributed by atoms with van der Waals surface area (Å²) in [5.41, 5.74) is 1.93. The number of carbonyl (C=O) groups is 1. The zero-order valence-corrected chi connectivity index (χ0v) is 19.7. The van der Waals surface area contributed by atoms with Gasteiger partial charge >= 0.3 is 0 Å². The number of fused-ring (bicyclic) bond motifs is 1. The van der Waals surface area contributed by atoms with E-state index in [2.05, 4.69) is 10.3 Å². The highest BCUT2D eigenvalue weighted by atomic mass is 32.2. The van der Waals surface area contributed by atoms with Gasteiger partial charge in [0.1, 0.15) is 0 Å². The van der Waals surface area contributed by atoms with Crippen molar-refractivity contribution in [1.29, 1.82) is 0 Å². The van der Waals surface area contributed by atoms with E-state index in [4.69, 9.17) is 5.14 Å². The highest BCUT2D eigenvalue weighted by Crippen LogP contribution is 2.21. The zero-order valence-electron chi connectivity index (χ0n) is 18.0. The number of thioether (sulfide) groups is 1. The first kappa shape index (κ1) is 23.7. The van der Waals surface area contributed by atoms with Crippen LogP contribution in [0.15, 0.2) is 93.7 Å². The first-order valence-electron chi connectivity index (χ1n) is 10.4. The second-order valence-electron chi connectivity index (χ2n) is 7.47. The predicted octanol–water partition coefficient (Wildman–Crippen LogP) is 2.48. The van der Waals surface area contributed by atoms with E-state index in [1.807, 2.05) is 36.4 Å². The molecular weight excluding hydrogens is 472 g/mol. The number of nitrogens with one attached hydrogen (secondary N) is 1. The Balaban J connectivity index is 1.44. The van der Waals surface area contributed by atoms with Crippen LogP contribution < -0.4 is 16.0 Å². The van der Waals surface area contributed by atoms with Crippen LogP contribution in [0.1, 0.15) is 5.56 Å². The SMILES string of the molecule is NS(=O)(=O)c1ccc(CCNC(=O)CSc2nc3ccccc3c(=O)n2-c2ccccc2)cc1. The molecule has 0 aliphatic carbocycles. The van der Waals surface area contributed by atoms with Crippen LogP contribution in [0.5, 0.6) is 0 Å². The van der Waals surface area contributed by atoms with Gasteiger partial charge in [-0.05, 0) is 48.4 Å². The van der Waals surface area contributed by atoms with E-state index in [-0.39, 0.29) is 22.1 Å². The largest absolute Gasteiger partial charge is 0.355 e. The topological polar surface area (TPSA) is 124 Å². The predicted molar refractivity (Wildman–Crippen MR) is 133 cm³/mol. The minimum atomic E-state index is -3.73. The van der Waals surface area contributed by atoms with E-state index in [1.54, 1.807) is 30.3 Å². The van der Waals surface area contributed by atoms with E-state index in [0.29, 0.717) is 34.7 Å². The van der Waals surface area contributed by atoms with E-state index >= 15 is 0 Å². The van der Waals surface area contributed by atoms with Crippen LogP contribution in [0.2, 0.25) is 0 Å². The Kier molecular flexibility index (Phi) is 7.11. The summed E-state index contributed by atoms with van der Waals surface area (Å²) in [6, 6.07) is 22.5. The lowest BCUT2D eigenvalue weighted by Crippen LogP contribution is -2.28. The Hall–Kier alpha value is -3.47. The molecule has 0 spiro atoms. The highest BCUT2D eigenvalue weighted by molar-refractivity contribution is 7.99. The minimum absolute atomic E-state index is 0.0454. The number of aromatic nitrogens is 2. The monoisotopic (exact) mass is 494 g/mol. The molecule has 0 fully saturated rings. The fraction of sp³-hybridized carbons (Fsp3) is 0.125. The van der Waals surface area contributed by atoms with Crippen molar-refractivity contribution in [3.8, 4) is 5.69 Å². The maximum atomic E-state index is 13.2. The van der Waals surface area contributed by atoms with Crippen molar-refractivity contribution in [3.63, 3.8) is 0 Å². The number of para-hydroxylation sites is 2. The summed E-state index contributed by atoms with van der Waals surface area (Å²) in [5, 5.41) is 8.88. The number of hydrogen-bond donors (Lipinski definition) is 2. The molecule has 0 saturated heterocycles. The van der Waals surface area contributed by atoms with Crippen molar-refractivity contribution >= 4 is 38.6 Å². The molecule has 3 N–H and O–H groups in total. The average molecular weight is 495 g/mol. The molecule has 1 aromatic heterocycles. The average Bonchev–Trinajstić information content (AvgIpc) is 2.83. The summed E-state index contributed by atoms with van der Waals surface area (Å²) >= 11 is 1.19. The highest BCUT2D eigenvalue weighted by Gasteiger charge is 2.14. The van der Waals surface area contributed by atoms with Crippen LogP contribution in [-0.2, 0) is 21.2 Å². The number of benzene rings is 3. The van der Waals surface area contributed by atoms with E-state index in [1.165, 1.54) is 28.5 Å². The number of sulfonamides is 1. The molecule has 34 heavy (non-hydrogen) atoms. The molecule has 0 unspecified atom stereocenters. The standard InChI is InChI=1S/C24H22N4O4S2/c25-34(31,32)19-12-10-17(11-13-19)14-15-26-22(29)16-33-24-27-21-9-5-4-8-20(21)23(30)28(24)18-6-2-1-3-7-18/h1-13H,14-16H2,(H,26,29)(H2,25,31,32). The van der Waals surface area contributed by atoms with Gasteiger partial charge in [-0.3, -0.25) is 14.2 Å². The maximum absolute atomic E-state index is 13.2. The molecule has 0 bridgehead atoms. The van der Waals surface area contributed by atoms with Gasteiger partial charge in [-0.15, -0.1) is 0 Å². The second kappa shape index (κ2) is 10.2. The smallest absolute Gasteiger partial charge is 0.266 e. The van der Waals surface area contributed by atoms with Crippen molar-refractivity contribution in [2.45, 2.75) is 16.5 Å². The minimum Gasteiger partial charge on any atom is -0.355 e. The molecule has 0 saturated carbocycles. The molecule has 0 aliphatic rings.